The van der Waals surface area contributed by atoms with Crippen LogP contribution in [0.15, 0.2) is 0 Å². The van der Waals surface area contributed by atoms with Gasteiger partial charge >= 0.3 is 0 Å². The van der Waals surface area contributed by atoms with Gasteiger partial charge in [-0.2, -0.15) is 0 Å². The lowest BCUT2D eigenvalue weighted by atomic mass is 9.82. The van der Waals surface area contributed by atoms with E-state index in [1.165, 1.54) is 0 Å². The summed E-state index contributed by atoms with van der Waals surface area (Å²) in [6.07, 6.45) is 2.87. The van der Waals surface area contributed by atoms with Crippen LogP contribution in [0.2, 0.25) is 0 Å². The topological polar surface area (TPSA) is 50.4 Å². The molecule has 1 aliphatic heterocycles. The van der Waals surface area contributed by atoms with Crippen molar-refractivity contribution in [2.24, 2.45) is 11.3 Å². The predicted octanol–water partition coefficient (Wildman–Crippen LogP) is 1.47. The van der Waals surface area contributed by atoms with E-state index in [1.54, 1.807) is 0 Å². The van der Waals surface area contributed by atoms with Gasteiger partial charge in [-0.3, -0.25) is 9.63 Å². The van der Waals surface area contributed by atoms with Gasteiger partial charge in [0.05, 0.1) is 12.0 Å². The van der Waals surface area contributed by atoms with E-state index in [2.05, 4.69) is 31.6 Å². The van der Waals surface area contributed by atoms with Crippen LogP contribution in [-0.4, -0.2) is 25.6 Å². The van der Waals surface area contributed by atoms with Crippen molar-refractivity contribution in [3.8, 4) is 0 Å². The second-order valence-electron chi connectivity index (χ2n) is 5.09. The highest BCUT2D eigenvalue weighted by atomic mass is 16.7. The number of carbonyl (C=O) groups excluding carboxylic acids is 1. The molecule has 1 heterocycles. The van der Waals surface area contributed by atoms with Gasteiger partial charge in [-0.05, 0) is 25.3 Å². The van der Waals surface area contributed by atoms with Crippen LogP contribution in [0.3, 0.4) is 0 Å². The van der Waals surface area contributed by atoms with E-state index in [4.69, 9.17) is 4.84 Å². The maximum atomic E-state index is 12.1. The number of carbonyl (C=O) groups is 1. The Balaban J connectivity index is 2.42. The van der Waals surface area contributed by atoms with E-state index in [0.717, 1.165) is 32.4 Å². The van der Waals surface area contributed by atoms with E-state index in [9.17, 15) is 4.79 Å². The molecule has 2 N–H and O–H groups in total. The van der Waals surface area contributed by atoms with Crippen molar-refractivity contribution >= 4 is 5.91 Å². The molecule has 1 amide bonds. The third kappa shape index (κ3) is 3.46. The molecule has 1 atom stereocenters. The van der Waals surface area contributed by atoms with Crippen LogP contribution < -0.4 is 10.8 Å². The van der Waals surface area contributed by atoms with Gasteiger partial charge in [0, 0.05) is 6.54 Å². The lowest BCUT2D eigenvalue weighted by molar-refractivity contribution is -0.144. The Bertz CT molecular complexity index is 223. The Morgan fingerprint density at radius 3 is 2.81 bits per heavy atom. The highest BCUT2D eigenvalue weighted by Gasteiger charge is 2.40. The number of amides is 1. The molecule has 0 radical (unpaired) electrons. The summed E-state index contributed by atoms with van der Waals surface area (Å²) in [5, 5.41) is 3.26. The highest BCUT2D eigenvalue weighted by molar-refractivity contribution is 5.82. The van der Waals surface area contributed by atoms with E-state index >= 15 is 0 Å². The second kappa shape index (κ2) is 6.21. The van der Waals surface area contributed by atoms with Gasteiger partial charge in [0.2, 0.25) is 0 Å². The molecular weight excluding hydrogens is 204 g/mol. The fraction of sp³-hybridized carbons (Fsp3) is 0.917. The molecule has 16 heavy (non-hydrogen) atoms. The zero-order valence-corrected chi connectivity index (χ0v) is 10.6. The van der Waals surface area contributed by atoms with Crippen molar-refractivity contribution in [3.63, 3.8) is 0 Å². The number of hydrogen-bond acceptors (Lipinski definition) is 3. The molecule has 0 aliphatic carbocycles. The summed E-state index contributed by atoms with van der Waals surface area (Å²) < 4.78 is 0. The van der Waals surface area contributed by atoms with Crippen LogP contribution in [0.1, 0.15) is 40.0 Å². The average Bonchev–Trinajstić information content (AvgIpc) is 2.67. The van der Waals surface area contributed by atoms with E-state index in [1.807, 2.05) is 0 Å². The van der Waals surface area contributed by atoms with Crippen molar-refractivity contribution < 1.29 is 9.63 Å². The average molecular weight is 228 g/mol. The monoisotopic (exact) mass is 228 g/mol. The smallest absolute Gasteiger partial charge is 0.251 e. The zero-order chi connectivity index (χ0) is 12.0. The summed E-state index contributed by atoms with van der Waals surface area (Å²) in [6, 6.07) is 0. The fourth-order valence-corrected chi connectivity index (χ4v) is 2.13. The van der Waals surface area contributed by atoms with Gasteiger partial charge in [-0.1, -0.05) is 27.2 Å². The molecule has 94 valence electrons. The Labute approximate surface area is 98.1 Å². The molecule has 1 unspecified atom stereocenters. The first kappa shape index (κ1) is 13.5. The van der Waals surface area contributed by atoms with Crippen LogP contribution in [-0.2, 0) is 9.63 Å². The lowest BCUT2D eigenvalue weighted by Gasteiger charge is -2.26. The maximum Gasteiger partial charge on any atom is 0.251 e. The zero-order valence-electron chi connectivity index (χ0n) is 10.6. The van der Waals surface area contributed by atoms with E-state index in [0.29, 0.717) is 12.5 Å². The Kier molecular flexibility index (Phi) is 5.22. The molecule has 0 aromatic heterocycles. The summed E-state index contributed by atoms with van der Waals surface area (Å²) in [6.45, 7) is 8.51. The standard InChI is InChI=1S/C12H24N2O2/c1-4-5-12(6-7-13-9-12)11(15)14-16-8-10(2)3/h10,13H,4-9H2,1-3H3,(H,14,15). The molecule has 0 bridgehead atoms. The van der Waals surface area contributed by atoms with Gasteiger partial charge in [-0.15, -0.1) is 0 Å². The molecule has 1 saturated heterocycles. The Hall–Kier alpha value is -0.610. The van der Waals surface area contributed by atoms with Gasteiger partial charge in [0.25, 0.3) is 5.91 Å². The third-order valence-corrected chi connectivity index (χ3v) is 3.04. The molecular formula is C12H24N2O2. The Morgan fingerprint density at radius 1 is 1.56 bits per heavy atom. The first-order valence-electron chi connectivity index (χ1n) is 6.23. The molecule has 4 nitrogen and oxygen atoms in total. The Morgan fingerprint density at radius 2 is 2.31 bits per heavy atom. The first-order valence-corrected chi connectivity index (χ1v) is 6.23. The summed E-state index contributed by atoms with van der Waals surface area (Å²) in [4.78, 5) is 17.3. The van der Waals surface area contributed by atoms with Crippen LogP contribution in [0.5, 0.6) is 0 Å². The van der Waals surface area contributed by atoms with E-state index in [-0.39, 0.29) is 11.3 Å². The van der Waals surface area contributed by atoms with Crippen LogP contribution >= 0.6 is 0 Å². The lowest BCUT2D eigenvalue weighted by Crippen LogP contribution is -2.42. The normalized spacial score (nSPS) is 25.0. The van der Waals surface area contributed by atoms with Gasteiger partial charge in [-0.25, -0.2) is 5.48 Å². The molecule has 0 aromatic rings. The van der Waals surface area contributed by atoms with Crippen molar-refractivity contribution in [3.05, 3.63) is 0 Å². The van der Waals surface area contributed by atoms with Crippen LogP contribution in [0.4, 0.5) is 0 Å². The molecule has 0 spiro atoms. The van der Waals surface area contributed by atoms with E-state index < -0.39 is 0 Å². The van der Waals surface area contributed by atoms with Crippen molar-refractivity contribution in [1.82, 2.24) is 10.8 Å². The first-order chi connectivity index (χ1) is 7.60. The molecule has 0 saturated carbocycles. The number of nitrogens with one attached hydrogen (secondary N) is 2. The van der Waals surface area contributed by atoms with Gasteiger partial charge in [0.15, 0.2) is 0 Å². The largest absolute Gasteiger partial charge is 0.316 e. The second-order valence-corrected chi connectivity index (χ2v) is 5.09. The number of hydrogen-bond donors (Lipinski definition) is 2. The summed E-state index contributed by atoms with van der Waals surface area (Å²) in [7, 11) is 0. The summed E-state index contributed by atoms with van der Waals surface area (Å²) in [5.41, 5.74) is 2.36. The summed E-state index contributed by atoms with van der Waals surface area (Å²) in [5.74, 6) is 0.476. The van der Waals surface area contributed by atoms with Gasteiger partial charge < -0.3 is 5.32 Å². The van der Waals surface area contributed by atoms with Crippen molar-refractivity contribution in [2.45, 2.75) is 40.0 Å². The third-order valence-electron chi connectivity index (χ3n) is 3.04. The SMILES string of the molecule is CCCC1(C(=O)NOCC(C)C)CCNC1. The number of hydroxylamine groups is 1. The quantitative estimate of drug-likeness (QED) is 0.677. The summed E-state index contributed by atoms with van der Waals surface area (Å²) >= 11 is 0. The molecule has 4 heteroatoms. The minimum Gasteiger partial charge on any atom is -0.316 e. The highest BCUT2D eigenvalue weighted by Crippen LogP contribution is 2.31. The van der Waals surface area contributed by atoms with Crippen LogP contribution in [0.25, 0.3) is 0 Å². The van der Waals surface area contributed by atoms with Crippen molar-refractivity contribution in [2.75, 3.05) is 19.7 Å². The predicted molar refractivity (Wildman–Crippen MR) is 63.8 cm³/mol. The minimum absolute atomic E-state index is 0.0417. The molecule has 1 aliphatic rings. The maximum absolute atomic E-state index is 12.1. The number of rotatable bonds is 6. The molecule has 0 aromatic carbocycles. The van der Waals surface area contributed by atoms with Crippen LogP contribution in [0, 0.1) is 11.3 Å². The van der Waals surface area contributed by atoms with Crippen molar-refractivity contribution in [1.29, 1.82) is 0 Å². The molecule has 1 fully saturated rings. The molecule has 1 rings (SSSR count). The fourth-order valence-electron chi connectivity index (χ4n) is 2.13. The minimum atomic E-state index is -0.244. The van der Waals surface area contributed by atoms with Gasteiger partial charge in [0.1, 0.15) is 0 Å².